The third kappa shape index (κ3) is 2.97. The van der Waals surface area contributed by atoms with Crippen molar-refractivity contribution in [1.82, 2.24) is 5.32 Å². The van der Waals surface area contributed by atoms with Crippen LogP contribution in [0.5, 0.6) is 0 Å². The summed E-state index contributed by atoms with van der Waals surface area (Å²) < 4.78 is 18.2. The average molecular weight is 317 g/mol. The number of carbonyl (C=O) groups excluding carboxylic acids is 1. The number of hydrogen-bond donors (Lipinski definition) is 2. The third-order valence-electron chi connectivity index (χ3n) is 4.25. The molecule has 0 atom stereocenters. The van der Waals surface area contributed by atoms with E-state index in [0.29, 0.717) is 0 Å². The SMILES string of the molecule is O=C(O)c1ccc(C(=O)NC2(c3ccc(F)cc3)CCCC2)o1. The summed E-state index contributed by atoms with van der Waals surface area (Å²) in [5.41, 5.74) is 0.274. The fourth-order valence-corrected chi connectivity index (χ4v) is 3.09. The van der Waals surface area contributed by atoms with Crippen molar-refractivity contribution in [3.8, 4) is 0 Å². The predicted octanol–water partition coefficient (Wildman–Crippen LogP) is 3.32. The summed E-state index contributed by atoms with van der Waals surface area (Å²) in [6, 6.07) is 8.67. The van der Waals surface area contributed by atoms with Crippen LogP contribution < -0.4 is 5.32 Å². The maximum atomic E-state index is 13.1. The van der Waals surface area contributed by atoms with Crippen LogP contribution >= 0.6 is 0 Å². The van der Waals surface area contributed by atoms with Gasteiger partial charge < -0.3 is 14.8 Å². The maximum absolute atomic E-state index is 13.1. The van der Waals surface area contributed by atoms with E-state index >= 15 is 0 Å². The van der Waals surface area contributed by atoms with Gasteiger partial charge in [0.05, 0.1) is 5.54 Å². The summed E-state index contributed by atoms with van der Waals surface area (Å²) in [6.45, 7) is 0. The van der Waals surface area contributed by atoms with Gasteiger partial charge in [-0.25, -0.2) is 9.18 Å². The van der Waals surface area contributed by atoms with Gasteiger partial charge in [-0.3, -0.25) is 4.79 Å². The molecule has 1 aromatic carbocycles. The monoisotopic (exact) mass is 317 g/mol. The smallest absolute Gasteiger partial charge is 0.371 e. The molecule has 0 saturated heterocycles. The summed E-state index contributed by atoms with van der Waals surface area (Å²) in [4.78, 5) is 23.2. The van der Waals surface area contributed by atoms with Crippen LogP contribution in [0.4, 0.5) is 4.39 Å². The zero-order valence-electron chi connectivity index (χ0n) is 12.3. The number of carboxylic acid groups (broad SMARTS) is 1. The predicted molar refractivity (Wildman–Crippen MR) is 79.7 cm³/mol. The quantitative estimate of drug-likeness (QED) is 0.906. The van der Waals surface area contributed by atoms with Crippen molar-refractivity contribution in [2.75, 3.05) is 0 Å². The number of furan rings is 1. The van der Waals surface area contributed by atoms with Crippen LogP contribution in [0.2, 0.25) is 0 Å². The normalized spacial score (nSPS) is 16.2. The van der Waals surface area contributed by atoms with Crippen LogP contribution in [-0.4, -0.2) is 17.0 Å². The molecule has 23 heavy (non-hydrogen) atoms. The lowest BCUT2D eigenvalue weighted by Gasteiger charge is -2.30. The molecule has 0 radical (unpaired) electrons. The Kier molecular flexibility index (Phi) is 3.90. The van der Waals surface area contributed by atoms with Crippen molar-refractivity contribution in [2.45, 2.75) is 31.2 Å². The second kappa shape index (κ2) is 5.87. The van der Waals surface area contributed by atoms with Crippen molar-refractivity contribution in [2.24, 2.45) is 0 Å². The van der Waals surface area contributed by atoms with Gasteiger partial charge in [0.1, 0.15) is 5.82 Å². The molecule has 2 aromatic rings. The average Bonchev–Trinajstić information content (AvgIpc) is 3.17. The number of amides is 1. The molecule has 1 saturated carbocycles. The standard InChI is InChI=1S/C17H16FNO4/c18-12-5-3-11(4-6-12)17(9-1-2-10-17)19-15(20)13-7-8-14(23-13)16(21)22/h3-8H,1-2,9-10H2,(H,19,20)(H,21,22). The minimum absolute atomic E-state index is 0.0456. The van der Waals surface area contributed by atoms with E-state index in [1.165, 1.54) is 24.3 Å². The first kappa shape index (κ1) is 15.3. The lowest BCUT2D eigenvalue weighted by molar-refractivity contribution is 0.0658. The van der Waals surface area contributed by atoms with Gasteiger partial charge >= 0.3 is 5.97 Å². The molecule has 6 heteroatoms. The topological polar surface area (TPSA) is 79.5 Å². The van der Waals surface area contributed by atoms with Crippen LogP contribution in [0.25, 0.3) is 0 Å². The molecule has 2 N–H and O–H groups in total. The second-order valence-electron chi connectivity index (χ2n) is 5.72. The lowest BCUT2D eigenvalue weighted by Crippen LogP contribution is -2.43. The lowest BCUT2D eigenvalue weighted by atomic mass is 9.88. The Bertz CT molecular complexity index is 729. The first-order valence-electron chi connectivity index (χ1n) is 7.42. The number of aromatic carboxylic acids is 1. The number of rotatable bonds is 4. The number of carbonyl (C=O) groups is 2. The van der Waals surface area contributed by atoms with Crippen LogP contribution in [0.3, 0.4) is 0 Å². The zero-order chi connectivity index (χ0) is 16.4. The molecule has 5 nitrogen and oxygen atoms in total. The van der Waals surface area contributed by atoms with Crippen molar-refractivity contribution < 1.29 is 23.5 Å². The van der Waals surface area contributed by atoms with Crippen molar-refractivity contribution in [3.05, 3.63) is 59.3 Å². The summed E-state index contributed by atoms with van der Waals surface area (Å²) in [5.74, 6) is -2.35. The van der Waals surface area contributed by atoms with Crippen molar-refractivity contribution >= 4 is 11.9 Å². The van der Waals surface area contributed by atoms with Gasteiger partial charge in [0.2, 0.25) is 5.76 Å². The van der Waals surface area contributed by atoms with Crippen LogP contribution in [-0.2, 0) is 5.54 Å². The van der Waals surface area contributed by atoms with Gasteiger partial charge in [0.15, 0.2) is 5.76 Å². The third-order valence-corrected chi connectivity index (χ3v) is 4.25. The van der Waals surface area contributed by atoms with Gasteiger partial charge in [0.25, 0.3) is 5.91 Å². The molecule has 1 aromatic heterocycles. The minimum Gasteiger partial charge on any atom is -0.475 e. The molecule has 0 spiro atoms. The molecule has 0 unspecified atom stereocenters. The Morgan fingerprint density at radius 2 is 1.65 bits per heavy atom. The molecule has 3 rings (SSSR count). The highest BCUT2D eigenvalue weighted by Gasteiger charge is 2.37. The van der Waals surface area contributed by atoms with E-state index in [0.717, 1.165) is 31.2 Å². The molecule has 1 aliphatic carbocycles. The van der Waals surface area contributed by atoms with Crippen molar-refractivity contribution in [3.63, 3.8) is 0 Å². The largest absolute Gasteiger partial charge is 0.475 e. The summed E-state index contributed by atoms with van der Waals surface area (Å²) in [5, 5.41) is 11.8. The number of hydrogen-bond acceptors (Lipinski definition) is 3. The molecule has 1 aliphatic rings. The van der Waals surface area contributed by atoms with Gasteiger partial charge in [0, 0.05) is 0 Å². The van der Waals surface area contributed by atoms with Crippen LogP contribution in [0, 0.1) is 5.82 Å². The maximum Gasteiger partial charge on any atom is 0.371 e. The zero-order valence-corrected chi connectivity index (χ0v) is 12.3. The Morgan fingerprint density at radius 1 is 1.04 bits per heavy atom. The van der Waals surface area contributed by atoms with Crippen LogP contribution in [0.15, 0.2) is 40.8 Å². The Labute approximate surface area is 132 Å². The molecular weight excluding hydrogens is 301 g/mol. The summed E-state index contributed by atoms with van der Waals surface area (Å²) in [7, 11) is 0. The van der Waals surface area contributed by atoms with E-state index in [-0.39, 0.29) is 17.3 Å². The van der Waals surface area contributed by atoms with Crippen LogP contribution in [0.1, 0.15) is 52.4 Å². The summed E-state index contributed by atoms with van der Waals surface area (Å²) >= 11 is 0. The summed E-state index contributed by atoms with van der Waals surface area (Å²) in [6.07, 6.45) is 3.40. The van der Waals surface area contributed by atoms with Gasteiger partial charge in [-0.1, -0.05) is 25.0 Å². The van der Waals surface area contributed by atoms with E-state index in [4.69, 9.17) is 9.52 Å². The number of nitrogens with one attached hydrogen (secondary N) is 1. The molecule has 1 fully saturated rings. The van der Waals surface area contributed by atoms with Gasteiger partial charge in [-0.2, -0.15) is 0 Å². The van der Waals surface area contributed by atoms with E-state index in [9.17, 15) is 14.0 Å². The Hall–Kier alpha value is -2.63. The van der Waals surface area contributed by atoms with E-state index in [1.54, 1.807) is 12.1 Å². The van der Waals surface area contributed by atoms with Crippen molar-refractivity contribution in [1.29, 1.82) is 0 Å². The number of halogens is 1. The molecule has 1 heterocycles. The van der Waals surface area contributed by atoms with E-state index < -0.39 is 17.4 Å². The fourth-order valence-electron chi connectivity index (χ4n) is 3.09. The van der Waals surface area contributed by atoms with Gasteiger partial charge in [-0.05, 0) is 42.7 Å². The molecule has 0 bridgehead atoms. The van der Waals surface area contributed by atoms with E-state index in [2.05, 4.69) is 5.32 Å². The molecule has 1 amide bonds. The van der Waals surface area contributed by atoms with E-state index in [1.807, 2.05) is 0 Å². The Balaban J connectivity index is 1.85. The second-order valence-corrected chi connectivity index (χ2v) is 5.72. The minimum atomic E-state index is -1.22. The molecule has 120 valence electrons. The van der Waals surface area contributed by atoms with Gasteiger partial charge in [-0.15, -0.1) is 0 Å². The number of carboxylic acids is 1. The number of benzene rings is 1. The molecular formula is C17H16FNO4. The first-order valence-corrected chi connectivity index (χ1v) is 7.42. The fraction of sp³-hybridized carbons (Fsp3) is 0.294. The highest BCUT2D eigenvalue weighted by molar-refractivity contribution is 5.94. The highest BCUT2D eigenvalue weighted by Crippen LogP contribution is 2.39. The highest BCUT2D eigenvalue weighted by atomic mass is 19.1. The first-order chi connectivity index (χ1) is 11.0. The Morgan fingerprint density at radius 3 is 2.22 bits per heavy atom. The molecule has 0 aliphatic heterocycles.